The molecule has 0 bridgehead atoms. The molecule has 0 aliphatic carbocycles. The molecule has 1 aromatic rings. The maximum Gasteiger partial charge on any atom is 0.243 e. The number of piperazine rings is 1. The van der Waals surface area contributed by atoms with Crippen LogP contribution in [0.5, 0.6) is 0 Å². The maximum absolute atomic E-state index is 14.0. The number of hydrogen-bond acceptors (Lipinski definition) is 3. The Balaban J connectivity index is 0.00000364. The van der Waals surface area contributed by atoms with E-state index < -0.39 is 11.6 Å². The van der Waals surface area contributed by atoms with E-state index in [1.807, 2.05) is 23.6 Å². The molecule has 6 nitrogen and oxygen atoms in total. The van der Waals surface area contributed by atoms with Gasteiger partial charge in [-0.15, -0.1) is 24.0 Å². The molecule has 2 rings (SSSR count). The van der Waals surface area contributed by atoms with E-state index in [-0.39, 0.29) is 48.2 Å². The Bertz CT molecular complexity index is 661. The first-order chi connectivity index (χ1) is 12.3. The Morgan fingerprint density at radius 3 is 2.41 bits per heavy atom. The molecule has 0 spiro atoms. The van der Waals surface area contributed by atoms with E-state index >= 15 is 0 Å². The molecule has 27 heavy (non-hydrogen) atoms. The fraction of sp³-hybridized carbons (Fsp3) is 0.556. The lowest BCUT2D eigenvalue weighted by Crippen LogP contribution is -2.54. The Hall–Kier alpha value is -1.65. The summed E-state index contributed by atoms with van der Waals surface area (Å²) in [6, 6.07) is 3.66. The van der Waals surface area contributed by atoms with E-state index in [1.54, 1.807) is 14.1 Å². The lowest BCUT2D eigenvalue weighted by Gasteiger charge is -2.38. The summed E-state index contributed by atoms with van der Waals surface area (Å²) in [7, 11) is 3.39. The molecule has 1 N–H and O–H groups in total. The maximum atomic E-state index is 14.0. The van der Waals surface area contributed by atoms with Gasteiger partial charge in [-0.2, -0.15) is 0 Å². The van der Waals surface area contributed by atoms with Crippen molar-refractivity contribution in [3.63, 3.8) is 0 Å². The van der Waals surface area contributed by atoms with Crippen LogP contribution in [0.2, 0.25) is 0 Å². The summed E-state index contributed by atoms with van der Waals surface area (Å²) in [4.78, 5) is 21.6. The van der Waals surface area contributed by atoms with Crippen LogP contribution in [0.25, 0.3) is 0 Å². The second-order valence-corrected chi connectivity index (χ2v) is 6.80. The molecule has 1 amide bonds. The minimum absolute atomic E-state index is 0. The SMILES string of the molecule is CC(C)NC(=NCC(=O)N(C)C)N1CCN(c2cc(F)ccc2F)CC1.I. The van der Waals surface area contributed by atoms with Crippen molar-refractivity contribution in [1.29, 1.82) is 0 Å². The number of hydrogen-bond donors (Lipinski definition) is 1. The number of rotatable bonds is 4. The van der Waals surface area contributed by atoms with Crippen molar-refractivity contribution in [3.05, 3.63) is 29.8 Å². The Morgan fingerprint density at radius 1 is 1.22 bits per heavy atom. The molecule has 9 heteroatoms. The first-order valence-corrected chi connectivity index (χ1v) is 8.74. The third-order valence-corrected chi connectivity index (χ3v) is 4.11. The standard InChI is InChI=1S/C18H27F2N5O.HI/c1-13(2)22-18(21-12-17(26)23(3)4)25-9-7-24(8-10-25)16-11-14(19)5-6-15(16)20;/h5-6,11,13H,7-10,12H2,1-4H3,(H,21,22);1H. The van der Waals surface area contributed by atoms with E-state index in [0.717, 1.165) is 12.1 Å². The number of likely N-dealkylation sites (N-methyl/N-ethyl adjacent to an activating group) is 1. The molecular formula is C18H28F2IN5O. The number of amides is 1. The fourth-order valence-electron chi connectivity index (χ4n) is 2.67. The van der Waals surface area contributed by atoms with Gasteiger partial charge in [-0.1, -0.05) is 0 Å². The molecule has 0 saturated carbocycles. The number of carbonyl (C=O) groups is 1. The van der Waals surface area contributed by atoms with Crippen LogP contribution < -0.4 is 10.2 Å². The predicted molar refractivity (Wildman–Crippen MR) is 115 cm³/mol. The van der Waals surface area contributed by atoms with Gasteiger partial charge in [0.2, 0.25) is 5.91 Å². The highest BCUT2D eigenvalue weighted by molar-refractivity contribution is 14.0. The van der Waals surface area contributed by atoms with Crippen LogP contribution in [0.3, 0.4) is 0 Å². The van der Waals surface area contributed by atoms with Crippen molar-refractivity contribution in [2.45, 2.75) is 19.9 Å². The summed E-state index contributed by atoms with van der Waals surface area (Å²) in [5, 5.41) is 3.27. The second-order valence-electron chi connectivity index (χ2n) is 6.80. The average molecular weight is 495 g/mol. The van der Waals surface area contributed by atoms with Gasteiger partial charge in [0.1, 0.15) is 18.2 Å². The molecule has 0 unspecified atom stereocenters. The summed E-state index contributed by atoms with van der Waals surface area (Å²) in [5.74, 6) is -0.288. The van der Waals surface area contributed by atoms with Crippen LogP contribution in [0.15, 0.2) is 23.2 Å². The van der Waals surface area contributed by atoms with E-state index in [4.69, 9.17) is 0 Å². The quantitative estimate of drug-likeness (QED) is 0.395. The number of halogens is 3. The van der Waals surface area contributed by atoms with Crippen molar-refractivity contribution < 1.29 is 13.6 Å². The normalized spacial score (nSPS) is 14.9. The van der Waals surface area contributed by atoms with Gasteiger partial charge in [-0.05, 0) is 26.0 Å². The third kappa shape index (κ3) is 6.78. The Morgan fingerprint density at radius 2 is 1.85 bits per heavy atom. The average Bonchev–Trinajstić information content (AvgIpc) is 2.60. The molecule has 1 aliphatic rings. The van der Waals surface area contributed by atoms with E-state index in [0.29, 0.717) is 32.1 Å². The Kier molecular flexibility index (Phi) is 9.20. The molecule has 0 radical (unpaired) electrons. The van der Waals surface area contributed by atoms with Crippen molar-refractivity contribution in [2.24, 2.45) is 4.99 Å². The molecule has 0 atom stereocenters. The molecule has 1 heterocycles. The minimum atomic E-state index is -0.449. The zero-order valence-corrected chi connectivity index (χ0v) is 18.5. The molecule has 1 fully saturated rings. The van der Waals surface area contributed by atoms with Gasteiger partial charge >= 0.3 is 0 Å². The van der Waals surface area contributed by atoms with Gasteiger partial charge in [-0.25, -0.2) is 13.8 Å². The first kappa shape index (κ1) is 23.4. The molecular weight excluding hydrogens is 467 g/mol. The van der Waals surface area contributed by atoms with Gasteiger partial charge in [0.15, 0.2) is 5.96 Å². The zero-order chi connectivity index (χ0) is 19.3. The van der Waals surface area contributed by atoms with E-state index in [9.17, 15) is 13.6 Å². The Labute approximate surface area is 176 Å². The number of anilines is 1. The van der Waals surface area contributed by atoms with Gasteiger partial charge < -0.3 is 20.0 Å². The fourth-order valence-corrected chi connectivity index (χ4v) is 2.67. The van der Waals surface area contributed by atoms with Gasteiger partial charge in [-0.3, -0.25) is 4.79 Å². The van der Waals surface area contributed by atoms with Gasteiger partial charge in [0.05, 0.1) is 5.69 Å². The van der Waals surface area contributed by atoms with Crippen LogP contribution in [-0.2, 0) is 4.79 Å². The number of benzene rings is 1. The van der Waals surface area contributed by atoms with E-state index in [1.165, 1.54) is 11.0 Å². The molecule has 1 aromatic carbocycles. The lowest BCUT2D eigenvalue weighted by molar-refractivity contribution is -0.127. The van der Waals surface area contributed by atoms with Gasteiger partial charge in [0, 0.05) is 52.4 Å². The topological polar surface area (TPSA) is 51.2 Å². The summed E-state index contributed by atoms with van der Waals surface area (Å²) >= 11 is 0. The molecule has 1 aliphatic heterocycles. The monoisotopic (exact) mass is 495 g/mol. The number of nitrogens with one attached hydrogen (secondary N) is 1. The first-order valence-electron chi connectivity index (χ1n) is 8.74. The van der Waals surface area contributed by atoms with E-state index in [2.05, 4.69) is 10.3 Å². The molecule has 152 valence electrons. The number of nitrogens with zero attached hydrogens (tertiary/aromatic N) is 4. The highest BCUT2D eigenvalue weighted by atomic mass is 127. The van der Waals surface area contributed by atoms with Crippen LogP contribution in [0, 0.1) is 11.6 Å². The van der Waals surface area contributed by atoms with Gasteiger partial charge in [0.25, 0.3) is 0 Å². The number of carbonyl (C=O) groups excluding carboxylic acids is 1. The largest absolute Gasteiger partial charge is 0.366 e. The van der Waals surface area contributed by atoms with Crippen molar-refractivity contribution in [3.8, 4) is 0 Å². The third-order valence-electron chi connectivity index (χ3n) is 4.11. The van der Waals surface area contributed by atoms with Crippen LogP contribution in [0.4, 0.5) is 14.5 Å². The highest BCUT2D eigenvalue weighted by Gasteiger charge is 2.22. The highest BCUT2D eigenvalue weighted by Crippen LogP contribution is 2.21. The van der Waals surface area contributed by atoms with Crippen LogP contribution in [-0.4, -0.2) is 74.5 Å². The summed E-state index contributed by atoms with van der Waals surface area (Å²) in [6.07, 6.45) is 0. The van der Waals surface area contributed by atoms with Crippen molar-refractivity contribution in [1.82, 2.24) is 15.1 Å². The molecule has 0 aromatic heterocycles. The number of guanidine groups is 1. The lowest BCUT2D eigenvalue weighted by atomic mass is 10.2. The summed E-state index contributed by atoms with van der Waals surface area (Å²) in [6.45, 7) is 6.36. The van der Waals surface area contributed by atoms with Crippen LogP contribution >= 0.6 is 24.0 Å². The smallest absolute Gasteiger partial charge is 0.243 e. The van der Waals surface area contributed by atoms with Crippen molar-refractivity contribution in [2.75, 3.05) is 51.7 Å². The second kappa shape index (κ2) is 10.6. The predicted octanol–water partition coefficient (Wildman–Crippen LogP) is 2.15. The molecule has 1 saturated heterocycles. The summed E-state index contributed by atoms with van der Waals surface area (Å²) in [5.41, 5.74) is 0.280. The zero-order valence-electron chi connectivity index (χ0n) is 16.2. The van der Waals surface area contributed by atoms with Crippen molar-refractivity contribution >= 4 is 41.5 Å². The summed E-state index contributed by atoms with van der Waals surface area (Å²) < 4.78 is 27.4. The minimum Gasteiger partial charge on any atom is -0.366 e. The van der Waals surface area contributed by atoms with Crippen LogP contribution in [0.1, 0.15) is 13.8 Å². The number of aliphatic imine (C=N–C) groups is 1.